The van der Waals surface area contributed by atoms with Crippen LogP contribution in [-0.4, -0.2) is 17.6 Å². The number of hydrogen-bond acceptors (Lipinski definition) is 2. The average molecular weight is 271 g/mol. The van der Waals surface area contributed by atoms with Crippen molar-refractivity contribution in [2.24, 2.45) is 5.11 Å². The zero-order valence-electron chi connectivity index (χ0n) is 9.42. The minimum Gasteiger partial charge on any atom is -0.478 e. The lowest BCUT2D eigenvalue weighted by Crippen LogP contribution is -2.08. The average Bonchev–Trinajstić information content (AvgIpc) is 2.33. The molecule has 0 unspecified atom stereocenters. The van der Waals surface area contributed by atoms with E-state index in [4.69, 9.17) is 10.6 Å². The van der Waals surface area contributed by atoms with Gasteiger partial charge in [-0.25, -0.2) is 4.79 Å². The highest BCUT2D eigenvalue weighted by Gasteiger charge is 2.31. The first-order valence-corrected chi connectivity index (χ1v) is 4.98. The van der Waals surface area contributed by atoms with Crippen LogP contribution in [0.3, 0.4) is 0 Å². The molecule has 1 aromatic carbocycles. The van der Waals surface area contributed by atoms with E-state index in [0.29, 0.717) is 6.07 Å². The van der Waals surface area contributed by atoms with Crippen LogP contribution < -0.4 is 0 Å². The van der Waals surface area contributed by atoms with Crippen LogP contribution in [0.2, 0.25) is 0 Å². The Hall–Kier alpha value is -2.47. The van der Waals surface area contributed by atoms with Crippen LogP contribution in [0.25, 0.3) is 16.5 Å². The fourth-order valence-corrected chi connectivity index (χ4v) is 1.33. The summed E-state index contributed by atoms with van der Waals surface area (Å²) in [7, 11) is 0. The molecule has 0 amide bonds. The predicted octanol–water partition coefficient (Wildman–Crippen LogP) is 3.73. The number of halogens is 3. The summed E-state index contributed by atoms with van der Waals surface area (Å²) in [6, 6.07) is 2.41. The van der Waals surface area contributed by atoms with Crippen molar-refractivity contribution in [1.82, 2.24) is 0 Å². The fourth-order valence-electron chi connectivity index (χ4n) is 1.33. The van der Waals surface area contributed by atoms with E-state index >= 15 is 0 Å². The normalized spacial score (nSPS) is 11.3. The maximum Gasteiger partial charge on any atom is 0.416 e. The summed E-state index contributed by atoms with van der Waals surface area (Å²) >= 11 is 0. The molecule has 1 rings (SSSR count). The van der Waals surface area contributed by atoms with E-state index in [1.807, 2.05) is 0 Å². The molecule has 0 aliphatic carbocycles. The largest absolute Gasteiger partial charge is 0.478 e. The van der Waals surface area contributed by atoms with Gasteiger partial charge in [0, 0.05) is 11.5 Å². The van der Waals surface area contributed by atoms with E-state index in [1.165, 1.54) is 12.2 Å². The number of azide groups is 1. The fraction of sp³-hybridized carbons (Fsp3) is 0.182. The van der Waals surface area contributed by atoms with Gasteiger partial charge in [0.1, 0.15) is 0 Å². The van der Waals surface area contributed by atoms with Crippen LogP contribution >= 0.6 is 0 Å². The van der Waals surface area contributed by atoms with Crippen LogP contribution in [0.4, 0.5) is 13.2 Å². The molecule has 0 saturated carbocycles. The smallest absolute Gasteiger partial charge is 0.416 e. The van der Waals surface area contributed by atoms with Gasteiger partial charge in [0.25, 0.3) is 0 Å². The maximum atomic E-state index is 12.4. The molecule has 0 radical (unpaired) electrons. The van der Waals surface area contributed by atoms with Crippen molar-refractivity contribution in [3.8, 4) is 0 Å². The number of carbonyl (C=O) groups is 1. The summed E-state index contributed by atoms with van der Waals surface area (Å²) in [4.78, 5) is 13.4. The molecule has 5 nitrogen and oxygen atoms in total. The Morgan fingerprint density at radius 1 is 1.47 bits per heavy atom. The lowest BCUT2D eigenvalue weighted by molar-refractivity contribution is -0.137. The molecular formula is C11H8F3N3O2. The Labute approximate surface area is 105 Å². The van der Waals surface area contributed by atoms with E-state index in [1.54, 1.807) is 0 Å². The van der Waals surface area contributed by atoms with Crippen molar-refractivity contribution in [3.05, 3.63) is 51.4 Å². The van der Waals surface area contributed by atoms with E-state index in [0.717, 1.165) is 12.1 Å². The Kier molecular flexibility index (Phi) is 4.55. The monoisotopic (exact) mass is 271 g/mol. The van der Waals surface area contributed by atoms with Gasteiger partial charge < -0.3 is 5.11 Å². The summed E-state index contributed by atoms with van der Waals surface area (Å²) in [5, 5.41) is 12.1. The highest BCUT2D eigenvalue weighted by molar-refractivity contribution is 5.92. The standard InChI is InChI=1S/C11H8F3N3O2/c12-11(13,14)8-4-3-7(2-1-5-16-17-15)9(6-8)10(18)19/h1-4,6H,5H2,(H,18,19). The number of alkyl halides is 3. The second-order valence-electron chi connectivity index (χ2n) is 3.42. The summed E-state index contributed by atoms with van der Waals surface area (Å²) in [5.41, 5.74) is 6.65. The van der Waals surface area contributed by atoms with Crippen LogP contribution in [0.15, 0.2) is 29.4 Å². The van der Waals surface area contributed by atoms with Crippen molar-refractivity contribution in [3.63, 3.8) is 0 Å². The van der Waals surface area contributed by atoms with Crippen molar-refractivity contribution in [2.45, 2.75) is 6.18 Å². The first kappa shape index (κ1) is 14.6. The molecule has 19 heavy (non-hydrogen) atoms. The lowest BCUT2D eigenvalue weighted by atomic mass is 10.0. The molecule has 0 spiro atoms. The Morgan fingerprint density at radius 3 is 2.68 bits per heavy atom. The van der Waals surface area contributed by atoms with E-state index in [9.17, 15) is 18.0 Å². The van der Waals surface area contributed by atoms with Gasteiger partial charge in [0.05, 0.1) is 11.1 Å². The van der Waals surface area contributed by atoms with Crippen molar-refractivity contribution >= 4 is 12.0 Å². The second kappa shape index (κ2) is 5.92. The van der Waals surface area contributed by atoms with Crippen LogP contribution in [0.5, 0.6) is 0 Å². The Bertz CT molecular complexity index is 561. The van der Waals surface area contributed by atoms with Gasteiger partial charge in [-0.15, -0.1) is 0 Å². The van der Waals surface area contributed by atoms with Gasteiger partial charge in [0.15, 0.2) is 0 Å². The van der Waals surface area contributed by atoms with Crippen molar-refractivity contribution in [1.29, 1.82) is 0 Å². The first-order chi connectivity index (χ1) is 8.86. The Morgan fingerprint density at radius 2 is 2.16 bits per heavy atom. The molecule has 1 aromatic rings. The van der Waals surface area contributed by atoms with Crippen molar-refractivity contribution < 1.29 is 23.1 Å². The van der Waals surface area contributed by atoms with Gasteiger partial charge in [-0.1, -0.05) is 23.3 Å². The summed E-state index contributed by atoms with van der Waals surface area (Å²) in [6.07, 6.45) is -1.95. The highest BCUT2D eigenvalue weighted by Crippen LogP contribution is 2.30. The molecule has 100 valence electrons. The molecule has 0 aromatic heterocycles. The first-order valence-electron chi connectivity index (χ1n) is 4.98. The number of rotatable bonds is 4. The zero-order valence-corrected chi connectivity index (χ0v) is 9.42. The number of nitrogens with zero attached hydrogens (tertiary/aromatic N) is 3. The molecule has 0 atom stereocenters. The summed E-state index contributed by atoms with van der Waals surface area (Å²) in [6.45, 7) is -0.0173. The van der Waals surface area contributed by atoms with Gasteiger partial charge in [-0.3, -0.25) is 0 Å². The number of benzene rings is 1. The third-order valence-corrected chi connectivity index (χ3v) is 2.16. The minimum atomic E-state index is -4.60. The van der Waals surface area contributed by atoms with E-state index in [2.05, 4.69) is 10.0 Å². The predicted molar refractivity (Wildman–Crippen MR) is 61.5 cm³/mol. The van der Waals surface area contributed by atoms with E-state index < -0.39 is 23.3 Å². The van der Waals surface area contributed by atoms with Crippen LogP contribution in [-0.2, 0) is 6.18 Å². The number of carboxylic acids is 1. The van der Waals surface area contributed by atoms with E-state index in [-0.39, 0.29) is 12.1 Å². The topological polar surface area (TPSA) is 86.1 Å². The number of carboxylic acid groups (broad SMARTS) is 1. The SMILES string of the molecule is [N-]=[N+]=NCC=Cc1ccc(C(F)(F)F)cc1C(=O)O. The van der Waals surface area contributed by atoms with Gasteiger partial charge in [-0.2, -0.15) is 13.2 Å². The summed E-state index contributed by atoms with van der Waals surface area (Å²) in [5.74, 6) is -1.46. The molecule has 0 saturated heterocycles. The van der Waals surface area contributed by atoms with Crippen LogP contribution in [0.1, 0.15) is 21.5 Å². The van der Waals surface area contributed by atoms with Gasteiger partial charge in [-0.05, 0) is 23.2 Å². The van der Waals surface area contributed by atoms with Crippen LogP contribution in [0, 0.1) is 0 Å². The molecule has 0 fully saturated rings. The number of hydrogen-bond donors (Lipinski definition) is 1. The Balaban J connectivity index is 3.15. The molecular weight excluding hydrogens is 263 g/mol. The molecule has 0 heterocycles. The third kappa shape index (κ3) is 4.04. The van der Waals surface area contributed by atoms with Gasteiger partial charge in [0.2, 0.25) is 0 Å². The molecule has 0 aliphatic heterocycles. The zero-order chi connectivity index (χ0) is 14.5. The minimum absolute atomic E-state index is 0.0173. The maximum absolute atomic E-state index is 12.4. The molecule has 1 N–H and O–H groups in total. The molecule has 0 bridgehead atoms. The second-order valence-corrected chi connectivity index (χ2v) is 3.42. The van der Waals surface area contributed by atoms with Gasteiger partial charge >= 0.3 is 12.1 Å². The lowest BCUT2D eigenvalue weighted by Gasteiger charge is -2.09. The number of aromatic carboxylic acids is 1. The highest BCUT2D eigenvalue weighted by atomic mass is 19.4. The molecule has 0 aliphatic rings. The summed E-state index contributed by atoms with van der Waals surface area (Å²) < 4.78 is 37.3. The quantitative estimate of drug-likeness (QED) is 0.514. The molecule has 8 heteroatoms. The van der Waals surface area contributed by atoms with Crippen molar-refractivity contribution in [2.75, 3.05) is 6.54 Å². The third-order valence-electron chi connectivity index (χ3n) is 2.16.